The number of nitrogens with one attached hydrogen (secondary N) is 1. The fraction of sp³-hybridized carbons (Fsp3) is 0.211. The quantitative estimate of drug-likeness (QED) is 0.608. The van der Waals surface area contributed by atoms with Crippen molar-refractivity contribution in [3.63, 3.8) is 0 Å². The van der Waals surface area contributed by atoms with Gasteiger partial charge in [-0.15, -0.1) is 0 Å². The van der Waals surface area contributed by atoms with E-state index in [4.69, 9.17) is 4.74 Å². The van der Waals surface area contributed by atoms with E-state index in [0.29, 0.717) is 29.1 Å². The summed E-state index contributed by atoms with van der Waals surface area (Å²) in [5, 5.41) is 0.865. The Hall–Kier alpha value is -2.35. The third-order valence-electron chi connectivity index (χ3n) is 4.62. The van der Waals surface area contributed by atoms with Gasteiger partial charge in [-0.2, -0.15) is 10.6 Å². The number of ether oxygens (including phenoxy) is 1. The SMILES string of the molecule is COc1ccc(F)cc1-c1ccnc2[nH]c(C3=CCS(O)(O)CC3)cc12. The fourth-order valence-electron chi connectivity index (χ4n) is 3.26. The van der Waals surface area contributed by atoms with Crippen LogP contribution in [0.3, 0.4) is 0 Å². The van der Waals surface area contributed by atoms with Crippen LogP contribution in [0.25, 0.3) is 27.7 Å². The second-order valence-electron chi connectivity index (χ2n) is 6.30. The molecule has 0 saturated heterocycles. The molecule has 0 spiro atoms. The normalized spacial score (nSPS) is 17.8. The number of methoxy groups -OCH3 is 1. The number of nitrogens with zero attached hydrogens (tertiary/aromatic N) is 1. The van der Waals surface area contributed by atoms with Gasteiger partial charge in [0.05, 0.1) is 12.9 Å². The van der Waals surface area contributed by atoms with E-state index >= 15 is 0 Å². The Morgan fingerprint density at radius 2 is 2.04 bits per heavy atom. The molecule has 0 amide bonds. The molecular formula is C19H19FN2O3S. The van der Waals surface area contributed by atoms with Crippen molar-refractivity contribution >= 4 is 27.2 Å². The van der Waals surface area contributed by atoms with Crippen molar-refractivity contribution in [3.8, 4) is 16.9 Å². The Balaban J connectivity index is 1.83. The van der Waals surface area contributed by atoms with E-state index in [2.05, 4.69) is 9.97 Å². The first-order chi connectivity index (χ1) is 12.5. The molecule has 136 valence electrons. The number of halogens is 1. The first kappa shape index (κ1) is 17.1. The molecule has 0 unspecified atom stereocenters. The molecule has 7 heteroatoms. The van der Waals surface area contributed by atoms with Crippen molar-refractivity contribution in [2.75, 3.05) is 18.6 Å². The summed E-state index contributed by atoms with van der Waals surface area (Å²) in [4.78, 5) is 7.67. The number of hydrogen-bond donors (Lipinski definition) is 3. The molecule has 1 aliphatic rings. The minimum absolute atomic E-state index is 0.274. The maximum atomic E-state index is 13.8. The predicted molar refractivity (Wildman–Crippen MR) is 103 cm³/mol. The first-order valence-corrected chi connectivity index (χ1v) is 10.1. The topological polar surface area (TPSA) is 78.4 Å². The lowest BCUT2D eigenvalue weighted by molar-refractivity contribution is 0.415. The second kappa shape index (κ2) is 6.42. The van der Waals surface area contributed by atoms with Gasteiger partial charge in [0.15, 0.2) is 0 Å². The van der Waals surface area contributed by atoms with Gasteiger partial charge in [0.25, 0.3) is 0 Å². The van der Waals surface area contributed by atoms with Crippen molar-refractivity contribution < 1.29 is 18.2 Å². The highest BCUT2D eigenvalue weighted by molar-refractivity contribution is 8.24. The monoisotopic (exact) mass is 374 g/mol. The Bertz CT molecular complexity index is 1010. The predicted octanol–water partition coefficient (Wildman–Crippen LogP) is 4.92. The zero-order valence-electron chi connectivity index (χ0n) is 14.2. The molecule has 0 fully saturated rings. The van der Waals surface area contributed by atoms with Crippen LogP contribution in [0.2, 0.25) is 0 Å². The lowest BCUT2D eigenvalue weighted by atomic mass is 10.0. The average molecular weight is 374 g/mol. The van der Waals surface area contributed by atoms with Crippen molar-refractivity contribution in [2.24, 2.45) is 0 Å². The molecule has 26 heavy (non-hydrogen) atoms. The van der Waals surface area contributed by atoms with Crippen LogP contribution in [-0.4, -0.2) is 37.7 Å². The number of benzene rings is 1. The molecule has 4 rings (SSSR count). The number of H-pyrrole nitrogens is 1. The summed E-state index contributed by atoms with van der Waals surface area (Å²) in [6.45, 7) is 0. The van der Waals surface area contributed by atoms with E-state index < -0.39 is 10.6 Å². The van der Waals surface area contributed by atoms with E-state index in [1.165, 1.54) is 12.1 Å². The molecule has 2 aromatic heterocycles. The molecule has 3 aromatic rings. The number of rotatable bonds is 3. The zero-order chi connectivity index (χ0) is 18.3. The highest BCUT2D eigenvalue weighted by Gasteiger charge is 2.20. The average Bonchev–Trinajstić information content (AvgIpc) is 3.05. The fourth-order valence-corrected chi connectivity index (χ4v) is 4.44. The number of hydrogen-bond acceptors (Lipinski definition) is 4. The molecule has 3 N–H and O–H groups in total. The van der Waals surface area contributed by atoms with Gasteiger partial charge in [0.1, 0.15) is 17.2 Å². The van der Waals surface area contributed by atoms with Crippen molar-refractivity contribution in [3.05, 3.63) is 54.1 Å². The lowest BCUT2D eigenvalue weighted by Gasteiger charge is -2.34. The summed E-state index contributed by atoms with van der Waals surface area (Å²) in [7, 11) is -0.924. The largest absolute Gasteiger partial charge is 0.496 e. The Kier molecular flexibility index (Phi) is 4.22. The summed E-state index contributed by atoms with van der Waals surface area (Å²) in [6, 6.07) is 8.25. The van der Waals surface area contributed by atoms with Crippen molar-refractivity contribution in [1.29, 1.82) is 0 Å². The van der Waals surface area contributed by atoms with E-state index in [9.17, 15) is 13.5 Å². The van der Waals surface area contributed by atoms with Gasteiger partial charge in [0, 0.05) is 28.6 Å². The minimum Gasteiger partial charge on any atom is -0.496 e. The van der Waals surface area contributed by atoms with E-state index in [1.54, 1.807) is 19.4 Å². The number of aromatic amines is 1. The molecule has 0 atom stereocenters. The maximum absolute atomic E-state index is 13.8. The number of aromatic nitrogens is 2. The van der Waals surface area contributed by atoms with Crippen LogP contribution < -0.4 is 4.74 Å². The Labute approximate surface area is 151 Å². The molecule has 0 bridgehead atoms. The van der Waals surface area contributed by atoms with Crippen LogP contribution in [-0.2, 0) is 0 Å². The highest BCUT2D eigenvalue weighted by atomic mass is 32.3. The van der Waals surface area contributed by atoms with Crippen LogP contribution in [0.1, 0.15) is 12.1 Å². The zero-order valence-corrected chi connectivity index (χ0v) is 15.0. The van der Waals surface area contributed by atoms with Crippen LogP contribution in [0.4, 0.5) is 4.39 Å². The maximum Gasteiger partial charge on any atom is 0.138 e. The summed E-state index contributed by atoms with van der Waals surface area (Å²) >= 11 is 0. The van der Waals surface area contributed by atoms with Crippen LogP contribution in [0, 0.1) is 5.82 Å². The summed E-state index contributed by atoms with van der Waals surface area (Å²) in [5.74, 6) is 0.899. The number of allylic oxidation sites excluding steroid dienone is 1. The lowest BCUT2D eigenvalue weighted by Crippen LogP contribution is -2.11. The van der Waals surface area contributed by atoms with Gasteiger partial charge in [-0.05, 0) is 47.9 Å². The van der Waals surface area contributed by atoms with E-state index in [0.717, 1.165) is 22.2 Å². The first-order valence-electron chi connectivity index (χ1n) is 8.21. The summed E-state index contributed by atoms with van der Waals surface area (Å²) in [6.07, 6.45) is 4.13. The Morgan fingerprint density at radius 1 is 1.19 bits per heavy atom. The van der Waals surface area contributed by atoms with Crippen LogP contribution in [0.5, 0.6) is 5.75 Å². The smallest absolute Gasteiger partial charge is 0.138 e. The van der Waals surface area contributed by atoms with Gasteiger partial charge in [0.2, 0.25) is 0 Å². The Morgan fingerprint density at radius 3 is 2.77 bits per heavy atom. The van der Waals surface area contributed by atoms with Crippen molar-refractivity contribution in [1.82, 2.24) is 9.97 Å². The van der Waals surface area contributed by atoms with Crippen molar-refractivity contribution in [2.45, 2.75) is 6.42 Å². The highest BCUT2D eigenvalue weighted by Crippen LogP contribution is 2.45. The van der Waals surface area contributed by atoms with Gasteiger partial charge in [-0.25, -0.2) is 9.37 Å². The molecule has 5 nitrogen and oxygen atoms in total. The molecule has 0 radical (unpaired) electrons. The van der Waals surface area contributed by atoms with E-state index in [1.807, 2.05) is 18.2 Å². The number of pyridine rings is 1. The molecule has 1 aliphatic heterocycles. The third-order valence-corrected chi connectivity index (χ3v) is 6.18. The standard InChI is InChI=1S/C19H19FN2O3S/c1-25-18-3-2-13(20)10-15(18)14-4-7-21-19-16(14)11-17(22-19)12-5-8-26(23,24)9-6-12/h2-5,7,10-11,23-24H,6,8-9H2,1H3,(H,21,22). The second-order valence-corrected chi connectivity index (χ2v) is 8.65. The molecule has 0 saturated carbocycles. The summed E-state index contributed by atoms with van der Waals surface area (Å²) < 4.78 is 38.7. The van der Waals surface area contributed by atoms with Gasteiger partial charge in [-0.3, -0.25) is 9.11 Å². The minimum atomic E-state index is -2.48. The molecular weight excluding hydrogens is 355 g/mol. The third kappa shape index (κ3) is 3.09. The molecule has 1 aromatic carbocycles. The van der Waals surface area contributed by atoms with E-state index in [-0.39, 0.29) is 11.6 Å². The van der Waals surface area contributed by atoms with Crippen LogP contribution >= 0.6 is 10.6 Å². The molecule has 0 aliphatic carbocycles. The number of fused-ring (bicyclic) bond motifs is 1. The summed E-state index contributed by atoms with van der Waals surface area (Å²) in [5.41, 5.74) is 4.12. The van der Waals surface area contributed by atoms with Gasteiger partial charge < -0.3 is 9.72 Å². The van der Waals surface area contributed by atoms with Crippen LogP contribution in [0.15, 0.2) is 42.6 Å². The molecule has 3 heterocycles. The van der Waals surface area contributed by atoms with Gasteiger partial charge in [-0.1, -0.05) is 6.08 Å². The van der Waals surface area contributed by atoms with Gasteiger partial charge >= 0.3 is 0 Å².